The van der Waals surface area contributed by atoms with E-state index in [0.29, 0.717) is 19.2 Å². The minimum Gasteiger partial charge on any atom is -0.331 e. The Hall–Kier alpha value is 0.140. The molecule has 4 nitrogen and oxygen atoms in total. The third-order valence-corrected chi connectivity index (χ3v) is 3.60. The Morgan fingerprint density at radius 3 is 2.42 bits per heavy atom. The Balaban J connectivity index is 3.51. The van der Waals surface area contributed by atoms with Crippen molar-refractivity contribution in [2.24, 2.45) is 0 Å². The second-order valence-electron chi connectivity index (χ2n) is 2.54. The average Bonchev–Trinajstić information content (AvgIpc) is 1.84. The first-order valence-electron chi connectivity index (χ1n) is 3.79. The normalized spacial score (nSPS) is 14.5. The van der Waals surface area contributed by atoms with Crippen molar-refractivity contribution in [1.82, 2.24) is 0 Å². The van der Waals surface area contributed by atoms with Gasteiger partial charge in [0.25, 0.3) is 0 Å². The summed E-state index contributed by atoms with van der Waals surface area (Å²) in [7, 11) is -4.89. The van der Waals surface area contributed by atoms with Gasteiger partial charge in [-0.25, -0.2) is 8.42 Å². The molecule has 74 valence electrons. The zero-order valence-corrected chi connectivity index (χ0v) is 9.19. The van der Waals surface area contributed by atoms with Gasteiger partial charge in [-0.3, -0.25) is 4.57 Å². The molecule has 0 amide bonds. The Labute approximate surface area is 74.1 Å². The first-order valence-corrected chi connectivity index (χ1v) is 7.37. The van der Waals surface area contributed by atoms with Crippen LogP contribution in [0.1, 0.15) is 13.3 Å². The summed E-state index contributed by atoms with van der Waals surface area (Å²) in [4.78, 5) is 0. The highest BCUT2D eigenvalue weighted by Crippen LogP contribution is 2.22. The predicted octanol–water partition coefficient (Wildman–Crippen LogP) is 0.932. The lowest BCUT2D eigenvalue weighted by Crippen LogP contribution is -2.03. The summed E-state index contributed by atoms with van der Waals surface area (Å²) < 4.78 is 37.0. The first kappa shape index (κ1) is 12.1. The van der Waals surface area contributed by atoms with E-state index in [-0.39, 0.29) is 5.75 Å². The van der Waals surface area contributed by atoms with Crippen LogP contribution in [0.25, 0.3) is 0 Å². The summed E-state index contributed by atoms with van der Waals surface area (Å²) in [5, 5.41) is 0. The smallest absolute Gasteiger partial charge is 0.191 e. The number of hydrogen-bond donors (Lipinski definition) is 0. The van der Waals surface area contributed by atoms with Crippen LogP contribution in [0.5, 0.6) is 0 Å². The van der Waals surface area contributed by atoms with Gasteiger partial charge in [-0.2, -0.15) is 0 Å². The monoisotopic (exact) mass is 214 g/mol. The van der Waals surface area contributed by atoms with Gasteiger partial charge in [-0.15, -0.1) is 0 Å². The van der Waals surface area contributed by atoms with Crippen LogP contribution in [0.4, 0.5) is 0 Å². The Morgan fingerprint density at radius 1 is 1.42 bits per heavy atom. The van der Waals surface area contributed by atoms with Crippen molar-refractivity contribution in [2.45, 2.75) is 13.3 Å². The van der Waals surface area contributed by atoms with Crippen LogP contribution in [0.15, 0.2) is 0 Å². The van der Waals surface area contributed by atoms with Crippen molar-refractivity contribution in [3.8, 4) is 0 Å². The van der Waals surface area contributed by atoms with Crippen LogP contribution in [-0.4, -0.2) is 33.2 Å². The molecule has 0 radical (unpaired) electrons. The predicted molar refractivity (Wildman–Crippen MR) is 49.8 cm³/mol. The molecule has 0 rings (SSSR count). The highest BCUT2D eigenvalue weighted by atomic mass is 32.2. The van der Waals surface area contributed by atoms with Crippen molar-refractivity contribution in [1.29, 1.82) is 0 Å². The molecule has 0 saturated heterocycles. The maximum Gasteiger partial charge on any atom is 0.191 e. The summed E-state index contributed by atoms with van der Waals surface area (Å²) >= 11 is 0. The van der Waals surface area contributed by atoms with Gasteiger partial charge in [-0.1, -0.05) is 0 Å². The molecule has 0 aromatic carbocycles. The second-order valence-corrected chi connectivity index (χ2v) is 6.33. The fourth-order valence-corrected chi connectivity index (χ4v) is 2.57. The van der Waals surface area contributed by atoms with Gasteiger partial charge < -0.3 is 4.52 Å². The summed E-state index contributed by atoms with van der Waals surface area (Å²) in [6, 6.07) is 0. The molecule has 12 heavy (non-hydrogen) atoms. The van der Waals surface area contributed by atoms with Crippen molar-refractivity contribution in [3.63, 3.8) is 0 Å². The average molecular weight is 214 g/mol. The lowest BCUT2D eigenvalue weighted by atomic mass is 10.6. The van der Waals surface area contributed by atoms with Gasteiger partial charge in [0.1, 0.15) is 9.84 Å². The number of rotatable bonds is 6. The minimum absolute atomic E-state index is 0.0937. The van der Waals surface area contributed by atoms with E-state index in [0.717, 1.165) is 0 Å². The van der Waals surface area contributed by atoms with Crippen molar-refractivity contribution in [3.05, 3.63) is 0 Å². The van der Waals surface area contributed by atoms with E-state index in [9.17, 15) is 13.0 Å². The zero-order chi connectivity index (χ0) is 9.61. The van der Waals surface area contributed by atoms with Gasteiger partial charge >= 0.3 is 0 Å². The fourth-order valence-electron chi connectivity index (χ4n) is 0.712. The van der Waals surface area contributed by atoms with Crippen LogP contribution >= 0.6 is 8.03 Å². The van der Waals surface area contributed by atoms with Crippen molar-refractivity contribution >= 4 is 17.9 Å². The third-order valence-electron chi connectivity index (χ3n) is 1.20. The summed E-state index contributed by atoms with van der Waals surface area (Å²) in [6.07, 6.45) is 1.97. The van der Waals surface area contributed by atoms with Gasteiger partial charge in [0.15, 0.2) is 8.03 Å². The molecule has 0 aliphatic carbocycles. The highest BCUT2D eigenvalue weighted by Gasteiger charge is 2.04. The molecule has 0 aliphatic rings. The quantitative estimate of drug-likeness (QED) is 0.617. The zero-order valence-electron chi connectivity index (χ0n) is 7.37. The van der Waals surface area contributed by atoms with Gasteiger partial charge in [0.2, 0.25) is 0 Å². The van der Waals surface area contributed by atoms with Crippen LogP contribution in [0.2, 0.25) is 0 Å². The molecule has 0 fully saturated rings. The molecule has 1 atom stereocenters. The Kier molecular flexibility index (Phi) is 5.80. The number of sulfone groups is 1. The molecule has 0 heterocycles. The topological polar surface area (TPSA) is 60.4 Å². The molecule has 0 spiro atoms. The molecule has 1 unspecified atom stereocenters. The van der Waals surface area contributed by atoms with Crippen LogP contribution in [-0.2, 0) is 18.9 Å². The molecule has 6 heteroatoms. The molecule has 0 aliphatic heterocycles. The largest absolute Gasteiger partial charge is 0.331 e. The van der Waals surface area contributed by atoms with Crippen LogP contribution in [0.3, 0.4) is 0 Å². The van der Waals surface area contributed by atoms with Crippen LogP contribution < -0.4 is 0 Å². The highest BCUT2D eigenvalue weighted by molar-refractivity contribution is 7.90. The van der Waals surface area contributed by atoms with E-state index in [1.165, 1.54) is 6.26 Å². The van der Waals surface area contributed by atoms with E-state index in [1.54, 1.807) is 6.92 Å². The number of hydrogen-bond acceptors (Lipinski definition) is 4. The fraction of sp³-hybridized carbons (Fsp3) is 1.00. The van der Waals surface area contributed by atoms with E-state index >= 15 is 0 Å². The lowest BCUT2D eigenvalue weighted by molar-refractivity contribution is 0.350. The second kappa shape index (κ2) is 5.73. The summed E-state index contributed by atoms with van der Waals surface area (Å²) in [6.45, 7) is 2.19. The lowest BCUT2D eigenvalue weighted by Gasteiger charge is -2.00. The minimum atomic E-state index is -2.91. The van der Waals surface area contributed by atoms with E-state index in [2.05, 4.69) is 0 Å². The van der Waals surface area contributed by atoms with E-state index in [4.69, 9.17) is 4.52 Å². The van der Waals surface area contributed by atoms with Gasteiger partial charge in [-0.05, 0) is 13.3 Å². The van der Waals surface area contributed by atoms with Gasteiger partial charge in [0.05, 0.1) is 12.4 Å². The molecule has 0 N–H and O–H groups in total. The third kappa shape index (κ3) is 8.24. The molecule has 0 bridgehead atoms. The molecular formula is C6H15O4PS. The van der Waals surface area contributed by atoms with Crippen molar-refractivity contribution in [2.75, 3.05) is 24.8 Å². The molecule has 0 aromatic heterocycles. The maximum absolute atomic E-state index is 10.9. The summed E-state index contributed by atoms with van der Waals surface area (Å²) in [5.74, 6) is 0.0937. The van der Waals surface area contributed by atoms with Gasteiger partial charge in [0, 0.05) is 12.4 Å². The molecule has 0 saturated carbocycles. The molecular weight excluding hydrogens is 199 g/mol. The Bertz CT molecular complexity index is 234. The Morgan fingerprint density at radius 2 is 2.00 bits per heavy atom. The maximum atomic E-state index is 10.9. The molecule has 0 aromatic rings. The van der Waals surface area contributed by atoms with Crippen molar-refractivity contribution < 1.29 is 17.5 Å². The van der Waals surface area contributed by atoms with E-state index in [1.807, 2.05) is 0 Å². The van der Waals surface area contributed by atoms with E-state index < -0.39 is 17.9 Å². The standard InChI is InChI=1S/C6H15O4PS/c1-3-10-11(7)5-4-6-12(2,8)9/h11H,3-6H2,1-2H3. The first-order chi connectivity index (χ1) is 5.45. The van der Waals surface area contributed by atoms with Crippen LogP contribution in [0, 0.1) is 0 Å². The summed E-state index contributed by atoms with van der Waals surface area (Å²) in [5.41, 5.74) is 0. The SMILES string of the molecule is CCO[PH](=O)CCCS(C)(=O)=O.